The maximum Gasteiger partial charge on any atom is 0.0536 e. The van der Waals surface area contributed by atoms with Crippen molar-refractivity contribution >= 4 is 34.2 Å². The van der Waals surface area contributed by atoms with E-state index in [9.17, 15) is 0 Å². The third kappa shape index (κ3) is 1.22. The summed E-state index contributed by atoms with van der Waals surface area (Å²) in [5.74, 6) is 0. The van der Waals surface area contributed by atoms with Crippen LogP contribution in [-0.4, -0.2) is 9.30 Å². The van der Waals surface area contributed by atoms with Gasteiger partial charge >= 0.3 is 0 Å². The van der Waals surface area contributed by atoms with Crippen molar-refractivity contribution in [2.75, 3.05) is 4.43 Å². The summed E-state index contributed by atoms with van der Waals surface area (Å²) in [6, 6.07) is 0. The topological polar surface area (TPSA) is 0 Å². The molecule has 1 rings (SSSR count). The van der Waals surface area contributed by atoms with Crippen molar-refractivity contribution < 1.29 is 0 Å². The minimum Gasteiger partial charge on any atom is -0.118 e. The lowest BCUT2D eigenvalue weighted by atomic mass is 9.86. The van der Waals surface area contributed by atoms with Gasteiger partial charge in [0.1, 0.15) is 0 Å². The Morgan fingerprint density at radius 2 is 2.14 bits per heavy atom. The highest BCUT2D eigenvalue weighted by Crippen LogP contribution is 2.39. The predicted octanol–water partition coefficient (Wildman–Crippen LogP) is 2.58. The molecule has 0 aromatic carbocycles. The maximum atomic E-state index is 5.98. The summed E-state index contributed by atoms with van der Waals surface area (Å²) in [5, 5.41) is 0. The van der Waals surface area contributed by atoms with E-state index in [0.29, 0.717) is 0 Å². The van der Waals surface area contributed by atoms with Gasteiger partial charge in [0, 0.05) is 4.43 Å². The first kappa shape index (κ1) is 6.14. The largest absolute Gasteiger partial charge is 0.118 e. The van der Waals surface area contributed by atoms with E-state index in [-0.39, 0.29) is 4.87 Å². The van der Waals surface area contributed by atoms with Crippen molar-refractivity contribution in [3.63, 3.8) is 0 Å². The molecule has 7 heavy (non-hydrogen) atoms. The first-order chi connectivity index (χ1) is 3.27. The molecule has 0 aromatic rings. The zero-order valence-electron chi connectivity index (χ0n) is 4.08. The smallest absolute Gasteiger partial charge is 0.0536 e. The standard InChI is InChI=1S/C5H8ClI/c6-5(4-7)2-1-3-5/h1-4H2. The van der Waals surface area contributed by atoms with Crippen LogP contribution in [0, 0.1) is 0 Å². The molecule has 0 saturated heterocycles. The van der Waals surface area contributed by atoms with Crippen LogP contribution in [0.5, 0.6) is 0 Å². The van der Waals surface area contributed by atoms with Gasteiger partial charge in [0.2, 0.25) is 0 Å². The summed E-state index contributed by atoms with van der Waals surface area (Å²) in [4.78, 5) is 0.223. The number of alkyl halides is 2. The number of hydrogen-bond donors (Lipinski definition) is 0. The van der Waals surface area contributed by atoms with E-state index < -0.39 is 0 Å². The maximum absolute atomic E-state index is 5.98. The van der Waals surface area contributed by atoms with Gasteiger partial charge in [-0.3, -0.25) is 0 Å². The van der Waals surface area contributed by atoms with Crippen molar-refractivity contribution in [3.05, 3.63) is 0 Å². The van der Waals surface area contributed by atoms with Gasteiger partial charge in [-0.1, -0.05) is 22.6 Å². The molecule has 0 bridgehead atoms. The molecule has 0 unspecified atom stereocenters. The third-order valence-corrected chi connectivity index (χ3v) is 3.91. The third-order valence-electron chi connectivity index (χ3n) is 1.49. The van der Waals surface area contributed by atoms with Crippen molar-refractivity contribution in [1.29, 1.82) is 0 Å². The van der Waals surface area contributed by atoms with Crippen LogP contribution in [0.2, 0.25) is 0 Å². The Bertz CT molecular complexity index is 63.0. The molecule has 1 fully saturated rings. The summed E-state index contributed by atoms with van der Waals surface area (Å²) >= 11 is 8.33. The summed E-state index contributed by atoms with van der Waals surface area (Å²) in [6.45, 7) is 0. The van der Waals surface area contributed by atoms with E-state index in [1.54, 1.807) is 0 Å². The monoisotopic (exact) mass is 230 g/mol. The second-order valence-electron chi connectivity index (χ2n) is 2.14. The highest BCUT2D eigenvalue weighted by Gasteiger charge is 2.32. The molecule has 2 heteroatoms. The lowest BCUT2D eigenvalue weighted by molar-refractivity contribution is 0.393. The molecule has 0 amide bonds. The molecule has 0 spiro atoms. The van der Waals surface area contributed by atoms with Crippen LogP contribution in [0.4, 0.5) is 0 Å². The predicted molar refractivity (Wildman–Crippen MR) is 41.3 cm³/mol. The Morgan fingerprint density at radius 1 is 1.57 bits per heavy atom. The van der Waals surface area contributed by atoms with Gasteiger partial charge < -0.3 is 0 Å². The molecule has 0 aromatic heterocycles. The Balaban J connectivity index is 2.29. The molecule has 42 valence electrons. The SMILES string of the molecule is ClC1(CI)CCC1. The van der Waals surface area contributed by atoms with Crippen LogP contribution in [0.3, 0.4) is 0 Å². The highest BCUT2D eigenvalue weighted by molar-refractivity contribution is 14.1. The minimum atomic E-state index is 0.223. The summed E-state index contributed by atoms with van der Waals surface area (Å²) in [7, 11) is 0. The molecule has 1 aliphatic rings. The Morgan fingerprint density at radius 3 is 2.14 bits per heavy atom. The highest BCUT2D eigenvalue weighted by atomic mass is 127. The number of hydrogen-bond acceptors (Lipinski definition) is 0. The van der Waals surface area contributed by atoms with E-state index in [2.05, 4.69) is 22.6 Å². The van der Waals surface area contributed by atoms with E-state index >= 15 is 0 Å². The van der Waals surface area contributed by atoms with E-state index in [0.717, 1.165) is 4.43 Å². The first-order valence-electron chi connectivity index (χ1n) is 2.52. The van der Waals surface area contributed by atoms with Gasteiger partial charge in [-0.05, 0) is 19.3 Å². The van der Waals surface area contributed by atoms with Crippen LogP contribution in [0.25, 0.3) is 0 Å². The van der Waals surface area contributed by atoms with Crippen LogP contribution >= 0.6 is 34.2 Å². The van der Waals surface area contributed by atoms with Crippen molar-refractivity contribution in [2.24, 2.45) is 0 Å². The molecule has 0 radical (unpaired) electrons. The molecular formula is C5H8ClI. The van der Waals surface area contributed by atoms with Crippen LogP contribution in [-0.2, 0) is 0 Å². The Kier molecular flexibility index (Phi) is 1.84. The quantitative estimate of drug-likeness (QED) is 0.480. The van der Waals surface area contributed by atoms with Gasteiger partial charge in [0.05, 0.1) is 4.87 Å². The number of rotatable bonds is 1. The van der Waals surface area contributed by atoms with E-state index in [1.165, 1.54) is 19.3 Å². The average molecular weight is 230 g/mol. The summed E-state index contributed by atoms with van der Waals surface area (Å²) < 4.78 is 1.12. The number of halogens is 2. The molecule has 0 aliphatic heterocycles. The van der Waals surface area contributed by atoms with Gasteiger partial charge in [0.25, 0.3) is 0 Å². The molecule has 0 N–H and O–H groups in total. The molecule has 1 aliphatic carbocycles. The summed E-state index contributed by atoms with van der Waals surface area (Å²) in [6.07, 6.45) is 3.81. The second-order valence-corrected chi connectivity index (χ2v) is 3.70. The minimum absolute atomic E-state index is 0.223. The molecular weight excluding hydrogens is 222 g/mol. The van der Waals surface area contributed by atoms with Gasteiger partial charge in [-0.15, -0.1) is 11.6 Å². The van der Waals surface area contributed by atoms with Gasteiger partial charge in [-0.25, -0.2) is 0 Å². The van der Waals surface area contributed by atoms with E-state index in [1.807, 2.05) is 0 Å². The average Bonchev–Trinajstić information content (AvgIpc) is 1.61. The fourth-order valence-electron chi connectivity index (χ4n) is 0.694. The van der Waals surface area contributed by atoms with Crippen LogP contribution in [0.15, 0.2) is 0 Å². The fraction of sp³-hybridized carbons (Fsp3) is 1.00. The van der Waals surface area contributed by atoms with Crippen molar-refractivity contribution in [3.8, 4) is 0 Å². The first-order valence-corrected chi connectivity index (χ1v) is 4.42. The lowest BCUT2D eigenvalue weighted by Gasteiger charge is -2.33. The van der Waals surface area contributed by atoms with E-state index in [4.69, 9.17) is 11.6 Å². The Hall–Kier alpha value is 1.02. The van der Waals surface area contributed by atoms with Gasteiger partial charge in [0.15, 0.2) is 0 Å². The van der Waals surface area contributed by atoms with Crippen LogP contribution < -0.4 is 0 Å². The fourth-order valence-corrected chi connectivity index (χ4v) is 1.72. The molecule has 1 saturated carbocycles. The lowest BCUT2D eigenvalue weighted by Crippen LogP contribution is -2.31. The van der Waals surface area contributed by atoms with Gasteiger partial charge in [-0.2, -0.15) is 0 Å². The molecule has 0 nitrogen and oxygen atoms in total. The van der Waals surface area contributed by atoms with Crippen molar-refractivity contribution in [1.82, 2.24) is 0 Å². The summed E-state index contributed by atoms with van der Waals surface area (Å²) in [5.41, 5.74) is 0. The zero-order chi connectivity index (χ0) is 5.33. The molecule has 0 atom stereocenters. The zero-order valence-corrected chi connectivity index (χ0v) is 7.00. The second kappa shape index (κ2) is 2.09. The normalized spacial score (nSPS) is 26.6. The molecule has 0 heterocycles. The van der Waals surface area contributed by atoms with Crippen LogP contribution in [0.1, 0.15) is 19.3 Å². The Labute approximate surface area is 62.8 Å². The van der Waals surface area contributed by atoms with Crippen molar-refractivity contribution in [2.45, 2.75) is 24.1 Å².